The highest BCUT2D eigenvalue weighted by atomic mass is 16.3. The summed E-state index contributed by atoms with van der Waals surface area (Å²) >= 11 is 0. The molecule has 0 bridgehead atoms. The predicted molar refractivity (Wildman–Crippen MR) is 94.6 cm³/mol. The van der Waals surface area contributed by atoms with Crippen LogP contribution in [0.3, 0.4) is 0 Å². The van der Waals surface area contributed by atoms with Crippen LogP contribution in [0.25, 0.3) is 0 Å². The summed E-state index contributed by atoms with van der Waals surface area (Å²) in [6.45, 7) is 7.43. The molecule has 134 valence electrons. The number of likely N-dealkylation sites (tertiary alicyclic amines) is 1. The van der Waals surface area contributed by atoms with E-state index in [4.69, 9.17) is 0 Å². The summed E-state index contributed by atoms with van der Waals surface area (Å²) in [6, 6.07) is 1.57. The van der Waals surface area contributed by atoms with Gasteiger partial charge in [-0.2, -0.15) is 0 Å². The topological polar surface area (TPSA) is 91.2 Å². The van der Waals surface area contributed by atoms with Gasteiger partial charge in [-0.15, -0.1) is 0 Å². The average Bonchev–Trinajstić information content (AvgIpc) is 2.55. The Kier molecular flexibility index (Phi) is 4.62. The van der Waals surface area contributed by atoms with Crippen molar-refractivity contribution in [2.45, 2.75) is 45.4 Å². The molecule has 3 rings (SSSR count). The predicted octanol–water partition coefficient (Wildman–Crippen LogP) is 0.746. The Morgan fingerprint density at radius 2 is 2.12 bits per heavy atom. The van der Waals surface area contributed by atoms with Gasteiger partial charge in [-0.05, 0) is 44.4 Å². The quantitative estimate of drug-likeness (QED) is 0.857. The van der Waals surface area contributed by atoms with Gasteiger partial charge in [-0.25, -0.2) is 4.79 Å². The van der Waals surface area contributed by atoms with Crippen molar-refractivity contribution in [1.29, 1.82) is 0 Å². The van der Waals surface area contributed by atoms with Gasteiger partial charge < -0.3 is 5.11 Å². The molecule has 0 saturated carbocycles. The molecule has 0 aromatic carbocycles. The lowest BCUT2D eigenvalue weighted by Crippen LogP contribution is -2.53. The summed E-state index contributed by atoms with van der Waals surface area (Å²) in [6.07, 6.45) is 5.70. The smallest absolute Gasteiger partial charge is 0.328 e. The molecule has 0 radical (unpaired) electrons. The summed E-state index contributed by atoms with van der Waals surface area (Å²) in [7, 11) is 0. The van der Waals surface area contributed by atoms with E-state index in [-0.39, 0.29) is 5.56 Å². The summed E-state index contributed by atoms with van der Waals surface area (Å²) in [4.78, 5) is 32.6. The standard InChI is InChI=1S/C18H24N4O3/c1-12-8-19-6-4-14(12)10-21-7-5-18(3,25)15(11-21)22-9-13(2)16(23)20-17(22)24/h4,6,8-9,15,25H,5,7,10-11H2,1-3H3,(H,20,23,24)/t15-,18-/m1/s1. The Labute approximate surface area is 146 Å². The van der Waals surface area contributed by atoms with Crippen molar-refractivity contribution in [2.24, 2.45) is 0 Å². The molecule has 1 saturated heterocycles. The number of aromatic nitrogens is 3. The van der Waals surface area contributed by atoms with Gasteiger partial charge in [-0.1, -0.05) is 0 Å². The first-order valence-electron chi connectivity index (χ1n) is 8.44. The number of pyridine rings is 1. The minimum atomic E-state index is -1.02. The maximum Gasteiger partial charge on any atom is 0.328 e. The maximum absolute atomic E-state index is 12.3. The molecule has 1 fully saturated rings. The molecule has 25 heavy (non-hydrogen) atoms. The number of aromatic amines is 1. The number of nitrogens with zero attached hydrogens (tertiary/aromatic N) is 3. The molecule has 2 atom stereocenters. The maximum atomic E-state index is 12.3. The second-order valence-electron chi connectivity index (χ2n) is 7.14. The Bertz CT molecular complexity index is 884. The molecular formula is C18H24N4O3. The lowest BCUT2D eigenvalue weighted by molar-refractivity contribution is -0.0543. The molecule has 1 aliphatic rings. The van der Waals surface area contributed by atoms with Crippen molar-refractivity contribution in [1.82, 2.24) is 19.4 Å². The monoisotopic (exact) mass is 344 g/mol. The van der Waals surface area contributed by atoms with Crippen molar-refractivity contribution in [3.63, 3.8) is 0 Å². The summed E-state index contributed by atoms with van der Waals surface area (Å²) in [5, 5.41) is 10.8. The molecule has 7 nitrogen and oxygen atoms in total. The van der Waals surface area contributed by atoms with E-state index in [1.165, 1.54) is 10.1 Å². The van der Waals surface area contributed by atoms with Gasteiger partial charge in [0.25, 0.3) is 5.56 Å². The van der Waals surface area contributed by atoms with Crippen LogP contribution < -0.4 is 11.2 Å². The molecule has 3 heterocycles. The molecule has 0 spiro atoms. The van der Waals surface area contributed by atoms with Gasteiger partial charge >= 0.3 is 5.69 Å². The molecule has 0 aliphatic carbocycles. The molecular weight excluding hydrogens is 320 g/mol. The van der Waals surface area contributed by atoms with E-state index in [9.17, 15) is 14.7 Å². The molecule has 2 aromatic rings. The van der Waals surface area contributed by atoms with Crippen LogP contribution in [-0.4, -0.2) is 43.2 Å². The van der Waals surface area contributed by atoms with E-state index < -0.39 is 17.3 Å². The third kappa shape index (κ3) is 3.57. The second-order valence-corrected chi connectivity index (χ2v) is 7.14. The number of piperidine rings is 1. The van der Waals surface area contributed by atoms with Crippen LogP contribution in [0.5, 0.6) is 0 Å². The van der Waals surface area contributed by atoms with Gasteiger partial charge in [0.1, 0.15) is 0 Å². The number of hydrogen-bond acceptors (Lipinski definition) is 5. The van der Waals surface area contributed by atoms with Gasteiger partial charge in [0.2, 0.25) is 0 Å². The number of hydrogen-bond donors (Lipinski definition) is 2. The normalized spacial score (nSPS) is 24.4. The summed E-state index contributed by atoms with van der Waals surface area (Å²) in [5.74, 6) is 0. The van der Waals surface area contributed by atoms with Gasteiger partial charge in [0, 0.05) is 43.8 Å². The molecule has 7 heteroatoms. The Hall–Kier alpha value is -2.25. The van der Waals surface area contributed by atoms with Crippen molar-refractivity contribution >= 4 is 0 Å². The third-order valence-corrected chi connectivity index (χ3v) is 5.10. The van der Waals surface area contributed by atoms with Crippen LogP contribution in [0.1, 0.15) is 36.1 Å². The highest BCUT2D eigenvalue weighted by Crippen LogP contribution is 2.31. The number of aryl methyl sites for hydroxylation is 2. The van der Waals surface area contributed by atoms with Crippen LogP contribution in [0.2, 0.25) is 0 Å². The fourth-order valence-corrected chi connectivity index (χ4v) is 3.35. The Morgan fingerprint density at radius 3 is 2.84 bits per heavy atom. The van der Waals surface area contributed by atoms with E-state index in [1.54, 1.807) is 26.2 Å². The largest absolute Gasteiger partial charge is 0.388 e. The number of aliphatic hydroxyl groups is 1. The van der Waals surface area contributed by atoms with E-state index in [1.807, 2.05) is 19.2 Å². The zero-order valence-electron chi connectivity index (χ0n) is 14.8. The lowest BCUT2D eigenvalue weighted by Gasteiger charge is -2.43. The molecule has 0 unspecified atom stereocenters. The first-order chi connectivity index (χ1) is 11.8. The van der Waals surface area contributed by atoms with E-state index >= 15 is 0 Å². The van der Waals surface area contributed by atoms with Gasteiger partial charge in [-0.3, -0.25) is 24.2 Å². The Balaban J connectivity index is 1.90. The van der Waals surface area contributed by atoms with E-state index in [0.29, 0.717) is 18.5 Å². The van der Waals surface area contributed by atoms with Crippen LogP contribution in [0.4, 0.5) is 0 Å². The molecule has 2 N–H and O–H groups in total. The number of H-pyrrole nitrogens is 1. The number of rotatable bonds is 3. The molecule has 0 amide bonds. The highest BCUT2D eigenvalue weighted by molar-refractivity contribution is 5.21. The molecule has 2 aromatic heterocycles. The summed E-state index contributed by atoms with van der Waals surface area (Å²) in [5.41, 5.74) is 0.869. The highest BCUT2D eigenvalue weighted by Gasteiger charge is 2.39. The first-order valence-corrected chi connectivity index (χ1v) is 8.44. The summed E-state index contributed by atoms with van der Waals surface area (Å²) < 4.78 is 1.46. The van der Waals surface area contributed by atoms with Crippen LogP contribution in [0.15, 0.2) is 34.2 Å². The zero-order chi connectivity index (χ0) is 18.2. The van der Waals surface area contributed by atoms with Crippen LogP contribution >= 0.6 is 0 Å². The van der Waals surface area contributed by atoms with E-state index in [0.717, 1.165) is 18.7 Å². The van der Waals surface area contributed by atoms with Crippen molar-refractivity contribution < 1.29 is 5.11 Å². The zero-order valence-corrected chi connectivity index (χ0v) is 14.8. The minimum Gasteiger partial charge on any atom is -0.388 e. The average molecular weight is 344 g/mol. The van der Waals surface area contributed by atoms with Crippen molar-refractivity contribution in [3.8, 4) is 0 Å². The molecule has 1 aliphatic heterocycles. The van der Waals surface area contributed by atoms with Crippen LogP contribution in [-0.2, 0) is 6.54 Å². The second kappa shape index (κ2) is 6.57. The minimum absolute atomic E-state index is 0.388. The van der Waals surface area contributed by atoms with Crippen molar-refractivity contribution in [3.05, 3.63) is 62.2 Å². The fourth-order valence-electron chi connectivity index (χ4n) is 3.35. The lowest BCUT2D eigenvalue weighted by atomic mass is 9.87. The fraction of sp³-hybridized carbons (Fsp3) is 0.500. The van der Waals surface area contributed by atoms with Crippen molar-refractivity contribution in [2.75, 3.05) is 13.1 Å². The SMILES string of the molecule is Cc1cnccc1CN1CC[C@@](C)(O)[C@H](n2cc(C)c(=O)[nH]c2=O)C1. The third-order valence-electron chi connectivity index (χ3n) is 5.10. The van der Waals surface area contributed by atoms with Gasteiger partial charge in [0.15, 0.2) is 0 Å². The Morgan fingerprint density at radius 1 is 1.36 bits per heavy atom. The van der Waals surface area contributed by atoms with Crippen LogP contribution in [0, 0.1) is 13.8 Å². The first kappa shape index (κ1) is 17.6. The number of nitrogens with one attached hydrogen (secondary N) is 1. The van der Waals surface area contributed by atoms with E-state index in [2.05, 4.69) is 14.9 Å². The van der Waals surface area contributed by atoms with Gasteiger partial charge in [0.05, 0.1) is 11.6 Å².